The van der Waals surface area contributed by atoms with Crippen LogP contribution in [0.3, 0.4) is 0 Å². The first-order valence-corrected chi connectivity index (χ1v) is 10.4. The molecule has 0 aliphatic heterocycles. The molecule has 9 heteroatoms. The van der Waals surface area contributed by atoms with Crippen molar-refractivity contribution in [1.29, 1.82) is 0 Å². The number of carbonyl (C=O) groups excluding carboxylic acids is 2. The van der Waals surface area contributed by atoms with Crippen molar-refractivity contribution in [3.8, 4) is 5.75 Å². The van der Waals surface area contributed by atoms with Crippen LogP contribution >= 0.6 is 11.6 Å². The van der Waals surface area contributed by atoms with E-state index in [-0.39, 0.29) is 17.0 Å². The van der Waals surface area contributed by atoms with Crippen LogP contribution in [0.1, 0.15) is 26.3 Å². The number of carbonyl (C=O) groups is 2. The Bertz CT molecular complexity index is 1430. The van der Waals surface area contributed by atoms with E-state index in [1.54, 1.807) is 36.4 Å². The third-order valence-corrected chi connectivity index (χ3v) is 5.14. The zero-order valence-corrected chi connectivity index (χ0v) is 18.2. The van der Waals surface area contributed by atoms with Gasteiger partial charge in [-0.25, -0.2) is 10.2 Å². The van der Waals surface area contributed by atoms with Gasteiger partial charge in [0.2, 0.25) is 0 Å². The largest absolute Gasteiger partial charge is 0.422 e. The third kappa shape index (κ3) is 5.08. The van der Waals surface area contributed by atoms with Gasteiger partial charge < -0.3 is 4.74 Å². The van der Waals surface area contributed by atoms with Crippen LogP contribution in [-0.4, -0.2) is 23.0 Å². The molecule has 4 rings (SSSR count). The Balaban J connectivity index is 1.61. The molecule has 0 aromatic heterocycles. The molecule has 0 spiro atoms. The molecular formula is C25H16ClN3O5. The minimum Gasteiger partial charge on any atom is -0.422 e. The van der Waals surface area contributed by atoms with Gasteiger partial charge in [0.1, 0.15) is 5.75 Å². The lowest BCUT2D eigenvalue weighted by Gasteiger charge is -2.10. The highest BCUT2D eigenvalue weighted by molar-refractivity contribution is 6.30. The average molecular weight is 474 g/mol. The topological polar surface area (TPSA) is 111 Å². The molecule has 0 aliphatic carbocycles. The normalized spacial score (nSPS) is 10.9. The Kier molecular flexibility index (Phi) is 6.61. The number of hydrogen-bond donors (Lipinski definition) is 1. The fourth-order valence-corrected chi connectivity index (χ4v) is 3.35. The van der Waals surface area contributed by atoms with Crippen LogP contribution in [0.2, 0.25) is 5.02 Å². The lowest BCUT2D eigenvalue weighted by molar-refractivity contribution is -0.384. The number of nitrogens with one attached hydrogen (secondary N) is 1. The van der Waals surface area contributed by atoms with E-state index in [2.05, 4.69) is 10.5 Å². The summed E-state index contributed by atoms with van der Waals surface area (Å²) < 4.78 is 5.60. The number of esters is 1. The van der Waals surface area contributed by atoms with E-state index in [1.165, 1.54) is 24.4 Å². The molecule has 0 atom stereocenters. The molecule has 0 saturated heterocycles. The van der Waals surface area contributed by atoms with E-state index >= 15 is 0 Å². The summed E-state index contributed by atoms with van der Waals surface area (Å²) in [4.78, 5) is 35.4. The van der Waals surface area contributed by atoms with Gasteiger partial charge in [-0.3, -0.25) is 14.9 Å². The molecule has 0 saturated carbocycles. The maximum atomic E-state index is 12.6. The summed E-state index contributed by atoms with van der Waals surface area (Å²) in [6, 6.07) is 22.4. The summed E-state index contributed by atoms with van der Waals surface area (Å²) in [5, 5.41) is 17.0. The van der Waals surface area contributed by atoms with Gasteiger partial charge in [-0.05, 0) is 47.2 Å². The molecule has 1 N–H and O–H groups in total. The maximum Gasteiger partial charge on any atom is 0.343 e. The quantitative estimate of drug-likeness (QED) is 0.133. The number of nitrogens with zero attached hydrogens (tertiary/aromatic N) is 2. The molecule has 8 nitrogen and oxygen atoms in total. The third-order valence-electron chi connectivity index (χ3n) is 4.89. The Labute approximate surface area is 198 Å². The van der Waals surface area contributed by atoms with Gasteiger partial charge in [-0.1, -0.05) is 48.0 Å². The molecular weight excluding hydrogens is 458 g/mol. The lowest BCUT2D eigenvalue weighted by Crippen LogP contribution is -2.18. The van der Waals surface area contributed by atoms with Crippen molar-refractivity contribution in [2.75, 3.05) is 0 Å². The smallest absolute Gasteiger partial charge is 0.343 e. The number of benzene rings is 4. The fraction of sp³-hybridized carbons (Fsp3) is 0. The van der Waals surface area contributed by atoms with Gasteiger partial charge in [0.05, 0.1) is 16.7 Å². The van der Waals surface area contributed by atoms with Gasteiger partial charge in [-0.2, -0.15) is 5.10 Å². The van der Waals surface area contributed by atoms with E-state index in [4.69, 9.17) is 16.3 Å². The van der Waals surface area contributed by atoms with Crippen LogP contribution in [-0.2, 0) is 0 Å². The number of ether oxygens (including phenoxy) is 1. The van der Waals surface area contributed by atoms with Crippen LogP contribution in [0.25, 0.3) is 10.8 Å². The molecule has 0 bridgehead atoms. The highest BCUT2D eigenvalue weighted by Crippen LogP contribution is 2.27. The van der Waals surface area contributed by atoms with Crippen molar-refractivity contribution in [3.63, 3.8) is 0 Å². The minimum atomic E-state index is -0.625. The van der Waals surface area contributed by atoms with Crippen LogP contribution < -0.4 is 10.2 Å². The standard InChI is InChI=1S/C25H16ClN3O5/c26-19-11-8-17(9-12-19)25(31)34-23-13-10-16-4-1-2-7-21(16)22(23)15-27-28-24(30)18-5-3-6-20(14-18)29(32)33/h1-15H,(H,28,30)/b27-15+. The number of non-ortho nitro benzene ring substituents is 1. The van der Waals surface area contributed by atoms with E-state index in [0.29, 0.717) is 16.1 Å². The molecule has 1 amide bonds. The molecule has 168 valence electrons. The molecule has 0 aliphatic rings. The number of nitro groups is 1. The van der Waals surface area contributed by atoms with Crippen LogP contribution in [0, 0.1) is 10.1 Å². The first kappa shape index (κ1) is 22.6. The molecule has 0 fully saturated rings. The zero-order chi connectivity index (χ0) is 24.1. The average Bonchev–Trinajstić information content (AvgIpc) is 2.85. The van der Waals surface area contributed by atoms with Crippen LogP contribution in [0.15, 0.2) is 90.0 Å². The molecule has 34 heavy (non-hydrogen) atoms. The minimum absolute atomic E-state index is 0.0821. The number of nitro benzene ring substituents is 1. The first-order valence-electron chi connectivity index (χ1n) is 10.00. The van der Waals surface area contributed by atoms with E-state index in [0.717, 1.165) is 16.8 Å². The number of hydrogen-bond acceptors (Lipinski definition) is 6. The molecule has 0 heterocycles. The van der Waals surface area contributed by atoms with Crippen molar-refractivity contribution >= 4 is 46.2 Å². The summed E-state index contributed by atoms with van der Waals surface area (Å²) in [5.74, 6) is -0.964. The predicted molar refractivity (Wildman–Crippen MR) is 129 cm³/mol. The number of rotatable bonds is 6. The van der Waals surface area contributed by atoms with E-state index in [1.807, 2.05) is 24.3 Å². The fourth-order valence-electron chi connectivity index (χ4n) is 3.22. The van der Waals surface area contributed by atoms with Crippen molar-refractivity contribution in [2.24, 2.45) is 5.10 Å². The van der Waals surface area contributed by atoms with Gasteiger partial charge in [0, 0.05) is 28.3 Å². The van der Waals surface area contributed by atoms with Gasteiger partial charge in [0.25, 0.3) is 11.6 Å². The zero-order valence-electron chi connectivity index (χ0n) is 17.5. The highest BCUT2D eigenvalue weighted by atomic mass is 35.5. The second-order valence-corrected chi connectivity index (χ2v) is 7.54. The monoisotopic (exact) mass is 473 g/mol. The highest BCUT2D eigenvalue weighted by Gasteiger charge is 2.14. The summed E-state index contributed by atoms with van der Waals surface area (Å²) in [6.07, 6.45) is 1.36. The predicted octanol–water partition coefficient (Wildman–Crippen LogP) is 5.38. The van der Waals surface area contributed by atoms with Gasteiger partial charge >= 0.3 is 5.97 Å². The molecule has 0 unspecified atom stereocenters. The van der Waals surface area contributed by atoms with Gasteiger partial charge in [-0.15, -0.1) is 0 Å². The maximum absolute atomic E-state index is 12.6. The van der Waals surface area contributed by atoms with Crippen molar-refractivity contribution < 1.29 is 19.2 Å². The second kappa shape index (κ2) is 9.93. The Morgan fingerprint density at radius 3 is 2.47 bits per heavy atom. The van der Waals surface area contributed by atoms with Crippen LogP contribution in [0.5, 0.6) is 5.75 Å². The lowest BCUT2D eigenvalue weighted by atomic mass is 10.0. The van der Waals surface area contributed by atoms with E-state index < -0.39 is 16.8 Å². The SMILES string of the molecule is O=C(N/N=C/c1c(OC(=O)c2ccc(Cl)cc2)ccc2ccccc12)c1cccc([N+](=O)[O-])c1. The molecule has 0 radical (unpaired) electrons. The number of hydrazone groups is 1. The number of fused-ring (bicyclic) bond motifs is 1. The Morgan fingerprint density at radius 2 is 1.71 bits per heavy atom. The van der Waals surface area contributed by atoms with E-state index in [9.17, 15) is 19.7 Å². The second-order valence-electron chi connectivity index (χ2n) is 7.10. The summed E-state index contributed by atoms with van der Waals surface area (Å²) in [5.41, 5.74) is 3.02. The molecule has 4 aromatic carbocycles. The Morgan fingerprint density at radius 1 is 0.941 bits per heavy atom. The summed E-state index contributed by atoms with van der Waals surface area (Å²) in [6.45, 7) is 0. The number of amides is 1. The van der Waals surface area contributed by atoms with Crippen molar-refractivity contribution in [2.45, 2.75) is 0 Å². The summed E-state index contributed by atoms with van der Waals surface area (Å²) in [7, 11) is 0. The first-order chi connectivity index (χ1) is 16.4. The van der Waals surface area contributed by atoms with Crippen molar-refractivity contribution in [1.82, 2.24) is 5.43 Å². The molecule has 4 aromatic rings. The van der Waals surface area contributed by atoms with Gasteiger partial charge in [0.15, 0.2) is 0 Å². The number of halogens is 1. The van der Waals surface area contributed by atoms with Crippen LogP contribution in [0.4, 0.5) is 5.69 Å². The van der Waals surface area contributed by atoms with Crippen molar-refractivity contribution in [3.05, 3.63) is 117 Å². The summed E-state index contributed by atoms with van der Waals surface area (Å²) >= 11 is 5.88. The Hall–Kier alpha value is -4.56.